The number of benzene rings is 3. The van der Waals surface area contributed by atoms with Gasteiger partial charge in [-0.05, 0) is 123 Å². The minimum atomic E-state index is -6.05. The molecule has 4 N–H and O–H groups in total. The molecule has 398 valence electrons. The van der Waals surface area contributed by atoms with E-state index in [0.29, 0.717) is 74.8 Å². The van der Waals surface area contributed by atoms with Gasteiger partial charge in [-0.1, -0.05) is 36.2 Å². The number of rotatable bonds is 17. The van der Waals surface area contributed by atoms with Crippen LogP contribution in [0.1, 0.15) is 54.9 Å². The monoisotopic (exact) mass is 1080 g/mol. The summed E-state index contributed by atoms with van der Waals surface area (Å²) in [6.07, 6.45) is 7.84. The average molecular weight is 1080 g/mol. The number of piperazine rings is 1. The summed E-state index contributed by atoms with van der Waals surface area (Å²) < 4.78 is 109. The summed E-state index contributed by atoms with van der Waals surface area (Å²) in [5, 5.41) is 7.69. The molecule has 1 amide bonds. The number of carbonyl (C=O) groups excluding carboxylic acids is 1. The van der Waals surface area contributed by atoms with Crippen LogP contribution in [0.5, 0.6) is 11.5 Å². The number of allylic oxidation sites excluding steroid dienone is 1. The van der Waals surface area contributed by atoms with Crippen molar-refractivity contribution in [3.05, 3.63) is 107 Å². The smallest absolute Gasteiger partial charge is 0.455 e. The van der Waals surface area contributed by atoms with Crippen molar-refractivity contribution in [2.24, 2.45) is 5.41 Å². The number of alkyl halides is 3. The highest BCUT2D eigenvalue weighted by molar-refractivity contribution is 7.92. The number of aromatic nitrogens is 2. The first kappa shape index (κ1) is 53.6. The molecular weight excluding hydrogens is 1020 g/mol. The van der Waals surface area contributed by atoms with Crippen molar-refractivity contribution < 1.29 is 44.3 Å². The van der Waals surface area contributed by atoms with Gasteiger partial charge in [-0.3, -0.25) is 14.6 Å². The molecule has 0 saturated carbocycles. The lowest BCUT2D eigenvalue weighted by molar-refractivity contribution is -0.0435. The molecule has 74 heavy (non-hydrogen) atoms. The maximum Gasteiger partial charge on any atom is 0.501 e. The van der Waals surface area contributed by atoms with Crippen molar-refractivity contribution in [3.8, 4) is 11.5 Å². The lowest BCUT2D eigenvalue weighted by atomic mass is 9.71. The second-order valence-electron chi connectivity index (χ2n) is 19.9. The number of amides is 1. The van der Waals surface area contributed by atoms with E-state index in [2.05, 4.69) is 59.3 Å². The molecule has 1 aliphatic carbocycles. The summed E-state index contributed by atoms with van der Waals surface area (Å²) >= 11 is 6.33. The van der Waals surface area contributed by atoms with Crippen molar-refractivity contribution in [1.82, 2.24) is 34.7 Å². The Hall–Kier alpha value is -5.26. The predicted octanol–water partition coefficient (Wildman–Crippen LogP) is 7.62. The molecule has 3 fully saturated rings. The van der Waals surface area contributed by atoms with Crippen LogP contribution in [0.2, 0.25) is 5.02 Å². The van der Waals surface area contributed by atoms with Gasteiger partial charge in [0.2, 0.25) is 0 Å². The quantitative estimate of drug-likeness (QED) is 0.0668. The van der Waals surface area contributed by atoms with Crippen LogP contribution in [0.25, 0.3) is 16.6 Å². The number of nitrogens with zero attached hydrogens (tertiary/aromatic N) is 5. The Balaban J connectivity index is 0.931. The molecule has 1 atom stereocenters. The molecule has 3 aromatic carbocycles. The van der Waals surface area contributed by atoms with E-state index in [0.717, 1.165) is 95.6 Å². The first-order valence-corrected chi connectivity index (χ1v) is 28.5. The summed E-state index contributed by atoms with van der Waals surface area (Å²) in [6.45, 7) is 14.4. The molecule has 5 heterocycles. The van der Waals surface area contributed by atoms with Gasteiger partial charge in [0.05, 0.1) is 35.6 Å². The van der Waals surface area contributed by atoms with E-state index in [1.807, 2.05) is 16.9 Å². The molecule has 9 rings (SSSR count). The number of hydrogen-bond donors (Lipinski definition) is 4. The number of fused-ring (bicyclic) bond motifs is 1. The number of H-pyrrole nitrogens is 1. The molecule has 3 aliphatic heterocycles. The second kappa shape index (κ2) is 22.9. The summed E-state index contributed by atoms with van der Waals surface area (Å²) in [7, 11) is -11.0. The zero-order valence-electron chi connectivity index (χ0n) is 41.4. The zero-order valence-corrected chi connectivity index (χ0v) is 43.7. The number of sulfonamides is 1. The van der Waals surface area contributed by atoms with Crippen molar-refractivity contribution in [3.63, 3.8) is 0 Å². The number of pyridine rings is 1. The fraction of sp³-hybridized carbons (Fsp3) is 0.462. The first-order chi connectivity index (χ1) is 35.4. The van der Waals surface area contributed by atoms with Gasteiger partial charge < -0.3 is 34.9 Å². The van der Waals surface area contributed by atoms with Gasteiger partial charge in [0, 0.05) is 100 Å². The number of carbonyl (C=O) groups is 1. The molecule has 16 nitrogen and oxygen atoms in total. The number of sulfone groups is 1. The van der Waals surface area contributed by atoms with E-state index in [9.17, 15) is 34.8 Å². The Bertz CT molecular complexity index is 3050. The van der Waals surface area contributed by atoms with Gasteiger partial charge in [-0.25, -0.2) is 26.5 Å². The highest BCUT2D eigenvalue weighted by Gasteiger charge is 2.48. The molecule has 0 radical (unpaired) electrons. The van der Waals surface area contributed by atoms with Gasteiger partial charge in [0.25, 0.3) is 25.8 Å². The number of morpholine rings is 1. The second-order valence-corrected chi connectivity index (χ2v) is 23.9. The minimum absolute atomic E-state index is 0.00859. The fourth-order valence-electron chi connectivity index (χ4n) is 10.5. The standard InChI is InChI=1S/C52H63ClF3N9O7S2/c1-51(36-64-20-2-15-57-18-21-64)14-12-44(37-4-6-40(53)7-5-37)39(33-51)35-63-22-24-65(25-23-63)41-8-10-45(47(31-41)72-42-30-38-13-17-59-49(38)60-34-42)50(66)61-74(69,70)43-9-11-46(48(32-43)73(67,68)52(54,55)56)58-16-3-19-62-26-28-71-29-27-62/h4-11,13,17,30-32,34,57-58H,2-3,12,14-16,18-29,33,35-36H2,1H3,(H,59,60)(H,61,66)/t51-/m1/s1. The highest BCUT2D eigenvalue weighted by Crippen LogP contribution is 2.44. The Kier molecular flexibility index (Phi) is 16.6. The highest BCUT2D eigenvalue weighted by atomic mass is 35.5. The number of nitrogens with one attached hydrogen (secondary N) is 4. The predicted molar refractivity (Wildman–Crippen MR) is 280 cm³/mol. The number of aromatic amines is 1. The van der Waals surface area contributed by atoms with Gasteiger partial charge in [-0.15, -0.1) is 0 Å². The lowest BCUT2D eigenvalue weighted by Gasteiger charge is -2.42. The van der Waals surface area contributed by atoms with E-state index in [-0.39, 0.29) is 29.0 Å². The Morgan fingerprint density at radius 2 is 1.68 bits per heavy atom. The van der Waals surface area contributed by atoms with Crippen LogP contribution in [0, 0.1) is 5.41 Å². The third-order valence-corrected chi connectivity index (χ3v) is 17.5. The molecule has 4 aliphatic rings. The summed E-state index contributed by atoms with van der Waals surface area (Å²) in [5.74, 6) is -0.914. The van der Waals surface area contributed by atoms with E-state index >= 15 is 0 Å². The molecule has 22 heteroatoms. The van der Waals surface area contributed by atoms with Crippen molar-refractivity contribution in [2.45, 2.75) is 54.3 Å². The summed E-state index contributed by atoms with van der Waals surface area (Å²) in [4.78, 5) is 28.8. The van der Waals surface area contributed by atoms with Crippen LogP contribution < -0.4 is 25.0 Å². The van der Waals surface area contributed by atoms with Crippen LogP contribution in [0.15, 0.2) is 101 Å². The van der Waals surface area contributed by atoms with Crippen LogP contribution in [-0.4, -0.2) is 158 Å². The lowest BCUT2D eigenvalue weighted by Crippen LogP contribution is -2.47. The molecule has 3 saturated heterocycles. The normalized spacial score (nSPS) is 20.1. The fourth-order valence-corrected chi connectivity index (χ4v) is 12.6. The van der Waals surface area contributed by atoms with E-state index < -0.39 is 46.8 Å². The average Bonchev–Trinajstić information content (AvgIpc) is 3.70. The minimum Gasteiger partial charge on any atom is -0.455 e. The third kappa shape index (κ3) is 12.9. The van der Waals surface area contributed by atoms with Crippen LogP contribution >= 0.6 is 11.6 Å². The molecule has 0 spiro atoms. The van der Waals surface area contributed by atoms with Crippen molar-refractivity contribution in [2.75, 3.05) is 115 Å². The Morgan fingerprint density at radius 1 is 0.892 bits per heavy atom. The van der Waals surface area contributed by atoms with Crippen molar-refractivity contribution in [1.29, 1.82) is 0 Å². The zero-order chi connectivity index (χ0) is 52.1. The Labute approximate surface area is 435 Å². The number of hydrogen-bond acceptors (Lipinski definition) is 14. The van der Waals surface area contributed by atoms with Gasteiger partial charge in [-0.2, -0.15) is 13.2 Å². The van der Waals surface area contributed by atoms with Crippen LogP contribution in [-0.2, 0) is 24.6 Å². The SMILES string of the molecule is C[C@@]1(CN2CCCNCC2)CCC(c2ccc(Cl)cc2)=C(CN2CCN(c3ccc(C(=O)NS(=O)(=O)c4ccc(NCCCN5CCOCC5)c(S(=O)(=O)C(F)(F)F)c4)c(Oc4cnc5[nH]ccc5c4)c3)CC2)C1. The molecule has 5 aromatic rings. The van der Waals surface area contributed by atoms with Gasteiger partial charge in [0.15, 0.2) is 0 Å². The molecule has 2 aromatic heterocycles. The number of ether oxygens (including phenoxy) is 2. The first-order valence-electron chi connectivity index (χ1n) is 25.1. The van der Waals surface area contributed by atoms with Gasteiger partial charge >= 0.3 is 5.51 Å². The largest absolute Gasteiger partial charge is 0.501 e. The molecule has 0 unspecified atom stereocenters. The number of halogens is 4. The van der Waals surface area contributed by atoms with Crippen molar-refractivity contribution >= 4 is 65.3 Å². The van der Waals surface area contributed by atoms with Crippen LogP contribution in [0.3, 0.4) is 0 Å². The van der Waals surface area contributed by atoms with Crippen LogP contribution in [0.4, 0.5) is 24.5 Å². The maximum atomic E-state index is 14.1. The third-order valence-electron chi connectivity index (χ3n) is 14.4. The molecular formula is C52H63ClF3N9O7S2. The summed E-state index contributed by atoms with van der Waals surface area (Å²) in [6, 6.07) is 18.7. The summed E-state index contributed by atoms with van der Waals surface area (Å²) in [5.41, 5.74) is -0.912. The molecule has 0 bridgehead atoms. The maximum absolute atomic E-state index is 14.1. The topological polar surface area (TPSA) is 182 Å². The van der Waals surface area contributed by atoms with Gasteiger partial charge in [0.1, 0.15) is 22.0 Å². The Morgan fingerprint density at radius 3 is 2.45 bits per heavy atom. The van der Waals surface area contributed by atoms with E-state index in [4.69, 9.17) is 21.1 Å². The van der Waals surface area contributed by atoms with E-state index in [1.54, 1.807) is 30.5 Å². The number of anilines is 2. The van der Waals surface area contributed by atoms with E-state index in [1.165, 1.54) is 29.0 Å².